The zero-order chi connectivity index (χ0) is 14.3. The van der Waals surface area contributed by atoms with Gasteiger partial charge in [0.2, 0.25) is 5.91 Å². The molecule has 0 bridgehead atoms. The Hall–Kier alpha value is -1.64. The van der Waals surface area contributed by atoms with E-state index in [2.05, 4.69) is 10.9 Å². The Balaban J connectivity index is 2.36. The highest BCUT2D eigenvalue weighted by atomic mass is 127. The first-order chi connectivity index (χ1) is 9.00. The van der Waals surface area contributed by atoms with Crippen LogP contribution in [0.25, 0.3) is 0 Å². The van der Waals surface area contributed by atoms with Gasteiger partial charge in [-0.2, -0.15) is 0 Å². The molecule has 7 heteroatoms. The third-order valence-corrected chi connectivity index (χ3v) is 3.17. The largest absolute Gasteiger partial charge is 0.481 e. The number of hydrogen-bond acceptors (Lipinski definition) is 3. The summed E-state index contributed by atoms with van der Waals surface area (Å²) >= 11 is 2.02. The highest BCUT2D eigenvalue weighted by Crippen LogP contribution is 2.10. The van der Waals surface area contributed by atoms with E-state index in [9.17, 15) is 14.4 Å². The Morgan fingerprint density at radius 2 is 1.79 bits per heavy atom. The summed E-state index contributed by atoms with van der Waals surface area (Å²) in [6, 6.07) is 6.96. The van der Waals surface area contributed by atoms with Gasteiger partial charge in [0.25, 0.3) is 5.91 Å². The second-order valence-electron chi connectivity index (χ2n) is 3.73. The van der Waals surface area contributed by atoms with Crippen LogP contribution >= 0.6 is 22.6 Å². The van der Waals surface area contributed by atoms with E-state index in [1.807, 2.05) is 28.7 Å². The summed E-state index contributed by atoms with van der Waals surface area (Å²) in [5.41, 5.74) is 5.00. The highest BCUT2D eigenvalue weighted by molar-refractivity contribution is 14.1. The van der Waals surface area contributed by atoms with Crippen molar-refractivity contribution in [2.45, 2.75) is 19.3 Å². The Morgan fingerprint density at radius 3 is 2.42 bits per heavy atom. The lowest BCUT2D eigenvalue weighted by Crippen LogP contribution is -2.41. The molecule has 0 heterocycles. The molecule has 0 aromatic heterocycles. The first kappa shape index (κ1) is 15.4. The van der Waals surface area contributed by atoms with E-state index in [-0.39, 0.29) is 19.3 Å². The molecule has 0 aliphatic carbocycles. The molecule has 1 aromatic rings. The third kappa shape index (κ3) is 5.69. The maximum atomic E-state index is 11.7. The smallest absolute Gasteiger partial charge is 0.303 e. The van der Waals surface area contributed by atoms with Gasteiger partial charge in [0.1, 0.15) is 0 Å². The van der Waals surface area contributed by atoms with Gasteiger partial charge in [0.05, 0.1) is 5.56 Å². The van der Waals surface area contributed by atoms with Gasteiger partial charge in [-0.3, -0.25) is 25.2 Å². The molecule has 1 rings (SSSR count). The predicted molar refractivity (Wildman–Crippen MR) is 76.3 cm³/mol. The topological polar surface area (TPSA) is 95.5 Å². The number of hydrazine groups is 1. The summed E-state index contributed by atoms with van der Waals surface area (Å²) in [6.45, 7) is 0. The molecule has 0 saturated carbocycles. The molecule has 1 aromatic carbocycles. The zero-order valence-electron chi connectivity index (χ0n) is 9.98. The van der Waals surface area contributed by atoms with Crippen LogP contribution in [0, 0.1) is 3.57 Å². The first-order valence-corrected chi connectivity index (χ1v) is 6.64. The van der Waals surface area contributed by atoms with Gasteiger partial charge in [0, 0.05) is 16.4 Å². The SMILES string of the molecule is O=C(O)CCCC(=O)NNC(=O)c1ccccc1I. The van der Waals surface area contributed by atoms with E-state index in [4.69, 9.17) is 5.11 Å². The monoisotopic (exact) mass is 376 g/mol. The number of carbonyl (C=O) groups excluding carboxylic acids is 2. The number of benzene rings is 1. The van der Waals surface area contributed by atoms with Gasteiger partial charge >= 0.3 is 5.97 Å². The molecule has 6 nitrogen and oxygen atoms in total. The number of nitrogens with one attached hydrogen (secondary N) is 2. The van der Waals surface area contributed by atoms with Crippen molar-refractivity contribution in [1.82, 2.24) is 10.9 Å². The minimum absolute atomic E-state index is 0.0540. The van der Waals surface area contributed by atoms with Crippen LogP contribution in [0.5, 0.6) is 0 Å². The van der Waals surface area contributed by atoms with E-state index in [1.54, 1.807) is 18.2 Å². The zero-order valence-corrected chi connectivity index (χ0v) is 12.1. The molecule has 3 N–H and O–H groups in total. The van der Waals surface area contributed by atoms with Crippen molar-refractivity contribution in [3.63, 3.8) is 0 Å². The van der Waals surface area contributed by atoms with Crippen molar-refractivity contribution >= 4 is 40.4 Å². The number of carboxylic acid groups (broad SMARTS) is 1. The lowest BCUT2D eigenvalue weighted by molar-refractivity contribution is -0.137. The summed E-state index contributed by atoms with van der Waals surface area (Å²) in [4.78, 5) is 33.3. The van der Waals surface area contributed by atoms with Crippen LogP contribution < -0.4 is 10.9 Å². The van der Waals surface area contributed by atoms with Gasteiger partial charge in [-0.05, 0) is 41.1 Å². The number of amides is 2. The van der Waals surface area contributed by atoms with Crippen LogP contribution in [0.15, 0.2) is 24.3 Å². The van der Waals surface area contributed by atoms with E-state index in [0.717, 1.165) is 3.57 Å². The number of rotatable bonds is 5. The molecule has 0 aliphatic rings. The molecule has 0 radical (unpaired) electrons. The molecular formula is C12H13IN2O4. The number of hydrogen-bond donors (Lipinski definition) is 3. The van der Waals surface area contributed by atoms with Gasteiger partial charge in [-0.1, -0.05) is 12.1 Å². The second-order valence-corrected chi connectivity index (χ2v) is 4.89. The van der Waals surface area contributed by atoms with Crippen molar-refractivity contribution in [3.8, 4) is 0 Å². The number of carbonyl (C=O) groups is 3. The van der Waals surface area contributed by atoms with Crippen molar-refractivity contribution in [3.05, 3.63) is 33.4 Å². The normalized spacial score (nSPS) is 9.74. The van der Waals surface area contributed by atoms with Crippen LogP contribution in [-0.2, 0) is 9.59 Å². The fourth-order valence-corrected chi connectivity index (χ4v) is 1.93. The summed E-state index contributed by atoms with van der Waals surface area (Å²) < 4.78 is 0.776. The van der Waals surface area contributed by atoms with E-state index >= 15 is 0 Å². The quantitative estimate of drug-likeness (QED) is 0.534. The Kier molecular flexibility index (Phi) is 6.26. The summed E-state index contributed by atoms with van der Waals surface area (Å²) in [6.07, 6.45) is 0.219. The van der Waals surface area contributed by atoms with Crippen molar-refractivity contribution in [1.29, 1.82) is 0 Å². The van der Waals surface area contributed by atoms with E-state index in [1.165, 1.54) is 0 Å². The van der Waals surface area contributed by atoms with Crippen LogP contribution in [0.3, 0.4) is 0 Å². The molecule has 0 spiro atoms. The molecule has 19 heavy (non-hydrogen) atoms. The average molecular weight is 376 g/mol. The maximum Gasteiger partial charge on any atom is 0.303 e. The minimum Gasteiger partial charge on any atom is -0.481 e. The molecule has 0 fully saturated rings. The average Bonchev–Trinajstić information content (AvgIpc) is 2.36. The van der Waals surface area contributed by atoms with Crippen molar-refractivity contribution in [2.24, 2.45) is 0 Å². The molecule has 2 amide bonds. The maximum absolute atomic E-state index is 11.7. The minimum atomic E-state index is -0.948. The number of aliphatic carboxylic acids is 1. The number of carboxylic acids is 1. The fraction of sp³-hybridized carbons (Fsp3) is 0.250. The molecular weight excluding hydrogens is 363 g/mol. The predicted octanol–water partition coefficient (Wildman–Crippen LogP) is 1.31. The lowest BCUT2D eigenvalue weighted by atomic mass is 10.2. The summed E-state index contributed by atoms with van der Waals surface area (Å²) in [5.74, 6) is -1.77. The van der Waals surface area contributed by atoms with Crippen LogP contribution in [0.2, 0.25) is 0 Å². The lowest BCUT2D eigenvalue weighted by Gasteiger charge is -2.08. The van der Waals surface area contributed by atoms with Gasteiger partial charge < -0.3 is 5.11 Å². The summed E-state index contributed by atoms with van der Waals surface area (Å²) in [7, 11) is 0. The molecule has 0 aliphatic heterocycles. The molecule has 102 valence electrons. The molecule has 0 unspecified atom stereocenters. The van der Waals surface area contributed by atoms with E-state index in [0.29, 0.717) is 5.56 Å². The fourth-order valence-electron chi connectivity index (χ4n) is 1.30. The van der Waals surface area contributed by atoms with Crippen LogP contribution in [-0.4, -0.2) is 22.9 Å². The second kappa shape index (κ2) is 7.72. The molecule has 0 atom stereocenters. The third-order valence-electron chi connectivity index (χ3n) is 2.23. The summed E-state index contributed by atoms with van der Waals surface area (Å²) in [5, 5.41) is 8.42. The highest BCUT2D eigenvalue weighted by Gasteiger charge is 2.10. The van der Waals surface area contributed by atoms with Crippen molar-refractivity contribution in [2.75, 3.05) is 0 Å². The Labute approximate surface area is 123 Å². The van der Waals surface area contributed by atoms with Crippen molar-refractivity contribution < 1.29 is 19.5 Å². The Morgan fingerprint density at radius 1 is 1.11 bits per heavy atom. The molecule has 0 saturated heterocycles. The standard InChI is InChI=1S/C12H13IN2O4/c13-9-5-2-1-4-8(9)12(19)15-14-10(16)6-3-7-11(17)18/h1-2,4-5H,3,6-7H2,(H,14,16)(H,15,19)(H,17,18). The van der Waals surface area contributed by atoms with Crippen LogP contribution in [0.1, 0.15) is 29.6 Å². The van der Waals surface area contributed by atoms with E-state index < -0.39 is 17.8 Å². The van der Waals surface area contributed by atoms with Crippen LogP contribution in [0.4, 0.5) is 0 Å². The van der Waals surface area contributed by atoms with Gasteiger partial charge in [0.15, 0.2) is 0 Å². The first-order valence-electron chi connectivity index (χ1n) is 5.56. The van der Waals surface area contributed by atoms with Gasteiger partial charge in [-0.15, -0.1) is 0 Å². The Bertz CT molecular complexity index is 490. The van der Waals surface area contributed by atoms with Gasteiger partial charge in [-0.25, -0.2) is 0 Å². The number of halogens is 1.